The van der Waals surface area contributed by atoms with Crippen LogP contribution in [0.3, 0.4) is 0 Å². The average Bonchev–Trinajstić information content (AvgIpc) is 2.48. The van der Waals surface area contributed by atoms with Crippen molar-refractivity contribution in [2.45, 2.75) is 44.3 Å². The molecule has 20 heavy (non-hydrogen) atoms. The lowest BCUT2D eigenvalue weighted by Gasteiger charge is -2.37. The molecule has 2 aromatic rings. The van der Waals surface area contributed by atoms with Crippen molar-refractivity contribution in [3.63, 3.8) is 0 Å². The van der Waals surface area contributed by atoms with Gasteiger partial charge in [0.1, 0.15) is 0 Å². The van der Waals surface area contributed by atoms with Gasteiger partial charge in [0.2, 0.25) is 0 Å². The zero-order chi connectivity index (χ0) is 14.0. The predicted molar refractivity (Wildman–Crippen MR) is 79.7 cm³/mol. The molecular formula is C17H21NO2. The standard InChI is InChI=1S/C17H21NO2/c1-17(10-4-5-11-20-17)16(19)12-14-9-8-13-6-2-3-7-15(13)18-14/h2-3,6-9,16,19H,4-5,10-12H2,1H3. The molecule has 1 aromatic heterocycles. The van der Waals surface area contributed by atoms with Crippen molar-refractivity contribution in [3.8, 4) is 0 Å². The van der Waals surface area contributed by atoms with Crippen LogP contribution in [-0.2, 0) is 11.2 Å². The first-order valence-corrected chi connectivity index (χ1v) is 7.34. The first-order valence-electron chi connectivity index (χ1n) is 7.34. The summed E-state index contributed by atoms with van der Waals surface area (Å²) < 4.78 is 5.81. The van der Waals surface area contributed by atoms with E-state index in [0.717, 1.165) is 42.5 Å². The number of aliphatic hydroxyl groups is 1. The Hall–Kier alpha value is -1.45. The Kier molecular flexibility index (Phi) is 3.72. The third-order valence-electron chi connectivity index (χ3n) is 4.26. The van der Waals surface area contributed by atoms with Crippen LogP contribution in [-0.4, -0.2) is 28.4 Å². The number of rotatable bonds is 3. The number of aromatic nitrogens is 1. The van der Waals surface area contributed by atoms with Crippen molar-refractivity contribution in [2.75, 3.05) is 6.61 Å². The van der Waals surface area contributed by atoms with Crippen LogP contribution in [0, 0.1) is 0 Å². The van der Waals surface area contributed by atoms with Crippen LogP contribution in [0.4, 0.5) is 0 Å². The number of hydrogen-bond donors (Lipinski definition) is 1. The third-order valence-corrected chi connectivity index (χ3v) is 4.26. The Morgan fingerprint density at radius 2 is 2.10 bits per heavy atom. The molecule has 0 amide bonds. The largest absolute Gasteiger partial charge is 0.390 e. The number of hydrogen-bond acceptors (Lipinski definition) is 3. The summed E-state index contributed by atoms with van der Waals surface area (Å²) in [6, 6.07) is 12.1. The van der Waals surface area contributed by atoms with Gasteiger partial charge < -0.3 is 9.84 Å². The van der Waals surface area contributed by atoms with Gasteiger partial charge in [-0.2, -0.15) is 0 Å². The molecule has 106 valence electrons. The average molecular weight is 271 g/mol. The molecule has 0 aliphatic carbocycles. The fourth-order valence-electron chi connectivity index (χ4n) is 2.85. The van der Waals surface area contributed by atoms with Gasteiger partial charge in [-0.15, -0.1) is 0 Å². The molecule has 1 fully saturated rings. The highest BCUT2D eigenvalue weighted by Crippen LogP contribution is 2.29. The van der Waals surface area contributed by atoms with E-state index >= 15 is 0 Å². The number of ether oxygens (including phenoxy) is 1. The summed E-state index contributed by atoms with van der Waals surface area (Å²) in [5, 5.41) is 11.6. The lowest BCUT2D eigenvalue weighted by atomic mass is 9.87. The highest BCUT2D eigenvalue weighted by Gasteiger charge is 2.35. The third kappa shape index (κ3) is 2.69. The van der Waals surface area contributed by atoms with Crippen LogP contribution in [0.15, 0.2) is 36.4 Å². The van der Waals surface area contributed by atoms with Crippen LogP contribution in [0.2, 0.25) is 0 Å². The van der Waals surface area contributed by atoms with E-state index in [2.05, 4.69) is 11.1 Å². The van der Waals surface area contributed by atoms with Gasteiger partial charge in [0, 0.05) is 24.1 Å². The number of para-hydroxylation sites is 1. The molecule has 2 unspecified atom stereocenters. The van der Waals surface area contributed by atoms with E-state index in [1.165, 1.54) is 0 Å². The zero-order valence-corrected chi connectivity index (χ0v) is 11.9. The summed E-state index contributed by atoms with van der Waals surface area (Å²) in [6.45, 7) is 2.76. The van der Waals surface area contributed by atoms with E-state index in [1.54, 1.807) is 0 Å². The molecule has 1 aromatic carbocycles. The Labute approximate surface area is 119 Å². The van der Waals surface area contributed by atoms with Gasteiger partial charge >= 0.3 is 0 Å². The molecule has 0 bridgehead atoms. The van der Waals surface area contributed by atoms with Gasteiger partial charge in [0.25, 0.3) is 0 Å². The van der Waals surface area contributed by atoms with E-state index in [4.69, 9.17) is 4.74 Å². The van der Waals surface area contributed by atoms with E-state index in [1.807, 2.05) is 37.3 Å². The molecule has 3 rings (SSSR count). The molecule has 0 spiro atoms. The van der Waals surface area contributed by atoms with Crippen LogP contribution >= 0.6 is 0 Å². The normalized spacial score (nSPS) is 24.7. The van der Waals surface area contributed by atoms with E-state index in [-0.39, 0.29) is 0 Å². The second kappa shape index (κ2) is 5.51. The highest BCUT2D eigenvalue weighted by atomic mass is 16.5. The second-order valence-corrected chi connectivity index (χ2v) is 5.83. The molecule has 1 N–H and O–H groups in total. The molecule has 1 saturated heterocycles. The number of pyridine rings is 1. The maximum absolute atomic E-state index is 10.5. The summed E-state index contributed by atoms with van der Waals surface area (Å²) in [6.07, 6.45) is 3.18. The summed E-state index contributed by atoms with van der Waals surface area (Å²) in [4.78, 5) is 4.63. The van der Waals surface area contributed by atoms with Gasteiger partial charge in [-0.05, 0) is 38.3 Å². The van der Waals surface area contributed by atoms with E-state index in [9.17, 15) is 5.11 Å². The molecule has 2 heterocycles. The minimum absolute atomic E-state index is 0.425. The van der Waals surface area contributed by atoms with Crippen molar-refractivity contribution >= 4 is 10.9 Å². The minimum Gasteiger partial charge on any atom is -0.390 e. The van der Waals surface area contributed by atoms with Gasteiger partial charge in [-0.3, -0.25) is 4.98 Å². The molecule has 0 radical (unpaired) electrons. The number of nitrogens with zero attached hydrogens (tertiary/aromatic N) is 1. The van der Waals surface area contributed by atoms with E-state index in [0.29, 0.717) is 6.42 Å². The van der Waals surface area contributed by atoms with Crippen LogP contribution < -0.4 is 0 Å². The summed E-state index contributed by atoms with van der Waals surface area (Å²) in [5.41, 5.74) is 1.48. The topological polar surface area (TPSA) is 42.4 Å². The maximum atomic E-state index is 10.5. The number of fused-ring (bicyclic) bond motifs is 1. The quantitative estimate of drug-likeness (QED) is 0.932. The smallest absolute Gasteiger partial charge is 0.0916 e. The lowest BCUT2D eigenvalue weighted by Crippen LogP contribution is -2.45. The SMILES string of the molecule is CC1(C(O)Cc2ccc3ccccc3n2)CCCCO1. The van der Waals surface area contributed by atoms with Crippen LogP contribution in [0.25, 0.3) is 10.9 Å². The van der Waals surface area contributed by atoms with Crippen molar-refractivity contribution in [1.82, 2.24) is 4.98 Å². The first kappa shape index (κ1) is 13.5. The lowest BCUT2D eigenvalue weighted by molar-refractivity contribution is -0.135. The van der Waals surface area contributed by atoms with Gasteiger partial charge in [-0.25, -0.2) is 0 Å². The second-order valence-electron chi connectivity index (χ2n) is 5.83. The highest BCUT2D eigenvalue weighted by molar-refractivity contribution is 5.78. The molecule has 2 atom stereocenters. The monoisotopic (exact) mass is 271 g/mol. The van der Waals surface area contributed by atoms with Gasteiger partial charge in [-0.1, -0.05) is 24.3 Å². The van der Waals surface area contributed by atoms with Crippen molar-refractivity contribution in [3.05, 3.63) is 42.1 Å². The number of benzene rings is 1. The van der Waals surface area contributed by atoms with Crippen molar-refractivity contribution < 1.29 is 9.84 Å². The molecule has 0 saturated carbocycles. The number of aliphatic hydroxyl groups excluding tert-OH is 1. The Bertz CT molecular complexity index is 590. The summed E-state index contributed by atoms with van der Waals surface area (Å²) in [7, 11) is 0. The zero-order valence-electron chi connectivity index (χ0n) is 11.9. The van der Waals surface area contributed by atoms with Crippen LogP contribution in [0.5, 0.6) is 0 Å². The fraction of sp³-hybridized carbons (Fsp3) is 0.471. The molecular weight excluding hydrogens is 250 g/mol. The minimum atomic E-state index is -0.503. The Morgan fingerprint density at radius 1 is 1.25 bits per heavy atom. The Morgan fingerprint density at radius 3 is 2.90 bits per heavy atom. The molecule has 1 aliphatic rings. The van der Waals surface area contributed by atoms with Crippen LogP contribution in [0.1, 0.15) is 31.9 Å². The Balaban J connectivity index is 1.78. The first-order chi connectivity index (χ1) is 9.67. The van der Waals surface area contributed by atoms with Gasteiger partial charge in [0.05, 0.1) is 17.2 Å². The maximum Gasteiger partial charge on any atom is 0.0916 e. The molecule has 3 nitrogen and oxygen atoms in total. The summed E-state index contributed by atoms with van der Waals surface area (Å²) in [5.74, 6) is 0. The summed E-state index contributed by atoms with van der Waals surface area (Å²) >= 11 is 0. The molecule has 1 aliphatic heterocycles. The van der Waals surface area contributed by atoms with Gasteiger partial charge in [0.15, 0.2) is 0 Å². The fourth-order valence-corrected chi connectivity index (χ4v) is 2.85. The van der Waals surface area contributed by atoms with Crippen molar-refractivity contribution in [2.24, 2.45) is 0 Å². The van der Waals surface area contributed by atoms with E-state index < -0.39 is 11.7 Å². The van der Waals surface area contributed by atoms with Crippen molar-refractivity contribution in [1.29, 1.82) is 0 Å². The predicted octanol–water partition coefficient (Wildman–Crippen LogP) is 3.10. The molecule has 3 heteroatoms.